The van der Waals surface area contributed by atoms with Gasteiger partial charge in [0.2, 0.25) is 5.91 Å². The second-order valence-corrected chi connectivity index (χ2v) is 17.4. The summed E-state index contributed by atoms with van der Waals surface area (Å²) in [6, 6.07) is 15.1. The first kappa shape index (κ1) is 49.8. The van der Waals surface area contributed by atoms with Gasteiger partial charge in [0.15, 0.2) is 5.60 Å². The molecule has 0 spiro atoms. The number of fused-ring (bicyclic) bond motifs is 5. The number of hydrogen-bond donors (Lipinski definition) is 5. The van der Waals surface area contributed by atoms with Gasteiger partial charge < -0.3 is 68.7 Å². The summed E-state index contributed by atoms with van der Waals surface area (Å²) >= 11 is 0. The van der Waals surface area contributed by atoms with E-state index >= 15 is 0 Å². The Morgan fingerprint density at radius 3 is 2.17 bits per heavy atom. The summed E-state index contributed by atoms with van der Waals surface area (Å²) in [5.74, 6) is -1.57. The van der Waals surface area contributed by atoms with E-state index in [1.807, 2.05) is 31.1 Å². The first-order valence-corrected chi connectivity index (χ1v) is 22.8. The van der Waals surface area contributed by atoms with Crippen LogP contribution in [0.5, 0.6) is 5.75 Å². The van der Waals surface area contributed by atoms with Crippen molar-refractivity contribution in [2.45, 2.75) is 65.1 Å². The lowest BCUT2D eigenvalue weighted by molar-refractivity contribution is -0.172. The van der Waals surface area contributed by atoms with Crippen LogP contribution in [0.25, 0.3) is 22.3 Å². The van der Waals surface area contributed by atoms with Crippen LogP contribution >= 0.6 is 0 Å². The molecule has 5 aromatic heterocycles. The van der Waals surface area contributed by atoms with Crippen molar-refractivity contribution in [3.8, 4) is 17.1 Å². The molecule has 71 heavy (non-hydrogen) atoms. The SMILES string of the molecule is CCC1(O)C(=O)OCc2c1cc1n(c2=O)Cc2cc3cc(OCCNC(=O)c4cc(NC(=O)c5cc(NC(=O)c6ccc(NC(=O)CCCN(C)C)n6COC)cn5COC)cn4COC)ccc3nc2-1. The molecule has 5 N–H and O–H groups in total. The molecule has 6 aromatic rings. The Morgan fingerprint density at radius 2 is 1.51 bits per heavy atom. The molecule has 374 valence electrons. The molecule has 2 aliphatic rings. The summed E-state index contributed by atoms with van der Waals surface area (Å²) in [6.07, 6.45) is 4.13. The van der Waals surface area contributed by atoms with Gasteiger partial charge in [-0.1, -0.05) is 6.92 Å². The number of hydrogen-bond acceptors (Lipinski definition) is 14. The zero-order valence-electron chi connectivity index (χ0n) is 40.3. The number of amides is 4. The van der Waals surface area contributed by atoms with E-state index in [1.54, 1.807) is 54.2 Å². The number of rotatable bonds is 21. The van der Waals surface area contributed by atoms with Gasteiger partial charge in [-0.3, -0.25) is 28.5 Å². The first-order chi connectivity index (χ1) is 34.1. The van der Waals surface area contributed by atoms with Crippen molar-refractivity contribution in [2.24, 2.45) is 0 Å². The number of nitrogens with zero attached hydrogens (tertiary/aromatic N) is 6. The molecule has 1 unspecified atom stereocenters. The van der Waals surface area contributed by atoms with Crippen LogP contribution in [0.3, 0.4) is 0 Å². The molecule has 0 aliphatic carbocycles. The van der Waals surface area contributed by atoms with Crippen LogP contribution in [0.15, 0.2) is 71.8 Å². The number of carbonyl (C=O) groups excluding carboxylic acids is 5. The van der Waals surface area contributed by atoms with Gasteiger partial charge in [-0.2, -0.15) is 0 Å². The third-order valence-corrected chi connectivity index (χ3v) is 12.2. The highest BCUT2D eigenvalue weighted by atomic mass is 16.6. The van der Waals surface area contributed by atoms with Crippen molar-refractivity contribution in [3.63, 3.8) is 0 Å². The quantitative estimate of drug-likeness (QED) is 0.0507. The summed E-state index contributed by atoms with van der Waals surface area (Å²) in [7, 11) is 8.28. The molecule has 8 rings (SSSR count). The molecular weight excluding hydrogens is 921 g/mol. The van der Waals surface area contributed by atoms with Gasteiger partial charge >= 0.3 is 5.97 Å². The van der Waals surface area contributed by atoms with Crippen molar-refractivity contribution in [1.82, 2.24) is 33.5 Å². The molecule has 22 heteroatoms. The number of benzene rings is 1. The number of carbonyl (C=O) groups is 5. The van der Waals surface area contributed by atoms with Crippen LogP contribution in [-0.2, 0) is 67.5 Å². The van der Waals surface area contributed by atoms with E-state index in [0.29, 0.717) is 52.7 Å². The van der Waals surface area contributed by atoms with Crippen LogP contribution in [0, 0.1) is 0 Å². The number of methoxy groups -OCH3 is 3. The summed E-state index contributed by atoms with van der Waals surface area (Å²) in [5.41, 5.74) is 1.93. The number of ether oxygens (including phenoxy) is 5. The van der Waals surface area contributed by atoms with Gasteiger partial charge in [0, 0.05) is 56.7 Å². The van der Waals surface area contributed by atoms with Gasteiger partial charge in [-0.15, -0.1) is 0 Å². The molecule has 4 amide bonds. The zero-order valence-corrected chi connectivity index (χ0v) is 40.3. The highest BCUT2D eigenvalue weighted by Crippen LogP contribution is 2.39. The number of cyclic esters (lactones) is 1. The highest BCUT2D eigenvalue weighted by molar-refractivity contribution is 6.07. The Hall–Kier alpha value is -7.63. The molecule has 2 aliphatic heterocycles. The lowest BCUT2D eigenvalue weighted by Gasteiger charge is -2.31. The lowest BCUT2D eigenvalue weighted by atomic mass is 9.86. The minimum atomic E-state index is -1.92. The standard InChI is InChI=1S/C49H56N10O12/c1-7-49(66)35-21-38-43-30(22-58(38)47(64)34(35)25-71-48(49)65)17-29-18-33(10-11-36(29)53-43)70-16-14-50-44(61)39-19-31(23-56(39)26-67-4)52-46(63)40-20-32(24-57(40)27-68-5)51-45(62)37-12-13-41(59(37)28-69-6)54-42(60)9-8-15-55(2)3/h10-13,17-21,23-24,66H,7-9,14-16,22,25-28H2,1-6H3,(H,50,61)(H,51,62)(H,52,63)(H,54,60). The van der Waals surface area contributed by atoms with Crippen molar-refractivity contribution in [3.05, 3.63) is 111 Å². The fourth-order valence-corrected chi connectivity index (χ4v) is 8.70. The fourth-order valence-electron chi connectivity index (χ4n) is 8.70. The minimum absolute atomic E-state index is 0.00388. The average Bonchev–Trinajstić information content (AvgIpc) is 4.13. The van der Waals surface area contributed by atoms with Gasteiger partial charge in [-0.25, -0.2) is 9.78 Å². The number of esters is 1. The van der Waals surface area contributed by atoms with E-state index < -0.39 is 29.3 Å². The lowest BCUT2D eigenvalue weighted by Crippen LogP contribution is -2.44. The molecule has 0 fully saturated rings. The van der Waals surface area contributed by atoms with Gasteiger partial charge in [0.05, 0.1) is 46.9 Å². The number of pyridine rings is 2. The summed E-state index contributed by atoms with van der Waals surface area (Å²) in [5, 5.41) is 23.3. The first-order valence-electron chi connectivity index (χ1n) is 22.8. The Bertz CT molecular complexity index is 3090. The summed E-state index contributed by atoms with van der Waals surface area (Å²) < 4.78 is 33.3. The van der Waals surface area contributed by atoms with E-state index in [9.17, 15) is 33.9 Å². The second-order valence-electron chi connectivity index (χ2n) is 17.4. The maximum atomic E-state index is 13.8. The predicted molar refractivity (Wildman–Crippen MR) is 259 cm³/mol. The Labute approximate surface area is 407 Å². The van der Waals surface area contributed by atoms with Crippen molar-refractivity contribution >= 4 is 57.7 Å². The molecule has 0 bridgehead atoms. The van der Waals surface area contributed by atoms with Crippen molar-refractivity contribution in [2.75, 3.05) is 71.1 Å². The predicted octanol–water partition coefficient (Wildman–Crippen LogP) is 3.89. The van der Waals surface area contributed by atoms with E-state index in [0.717, 1.165) is 17.5 Å². The van der Waals surface area contributed by atoms with E-state index in [2.05, 4.69) is 21.3 Å². The Kier molecular flexibility index (Phi) is 14.8. The fraction of sp³-hybridized carbons (Fsp3) is 0.367. The van der Waals surface area contributed by atoms with E-state index in [4.69, 9.17) is 28.7 Å². The molecular formula is C49H56N10O12. The van der Waals surface area contributed by atoms with Crippen LogP contribution in [-0.4, -0.2) is 118 Å². The topological polar surface area (TPSA) is 253 Å². The third-order valence-electron chi connectivity index (χ3n) is 12.2. The van der Waals surface area contributed by atoms with Gasteiger partial charge in [-0.05, 0) is 88.1 Å². The zero-order chi connectivity index (χ0) is 50.6. The van der Waals surface area contributed by atoms with Crippen LogP contribution < -0.4 is 31.6 Å². The van der Waals surface area contributed by atoms with E-state index in [-0.39, 0.29) is 92.6 Å². The monoisotopic (exact) mass is 976 g/mol. The van der Waals surface area contributed by atoms with Crippen LogP contribution in [0.1, 0.15) is 74.3 Å². The number of aromatic nitrogens is 5. The molecule has 7 heterocycles. The molecule has 0 radical (unpaired) electrons. The largest absolute Gasteiger partial charge is 0.492 e. The smallest absolute Gasteiger partial charge is 0.343 e. The van der Waals surface area contributed by atoms with Crippen LogP contribution in [0.2, 0.25) is 0 Å². The molecule has 0 saturated carbocycles. The molecule has 22 nitrogen and oxygen atoms in total. The average molecular weight is 977 g/mol. The Morgan fingerprint density at radius 1 is 0.831 bits per heavy atom. The number of anilines is 3. The van der Waals surface area contributed by atoms with Crippen LogP contribution in [0.4, 0.5) is 17.2 Å². The number of aliphatic hydroxyl groups is 1. The summed E-state index contributed by atoms with van der Waals surface area (Å²) in [4.78, 5) is 86.4. The maximum Gasteiger partial charge on any atom is 0.343 e. The van der Waals surface area contributed by atoms with Gasteiger partial charge in [0.1, 0.15) is 62.1 Å². The molecule has 0 saturated heterocycles. The second kappa shape index (κ2) is 21.2. The molecule has 1 atom stereocenters. The van der Waals surface area contributed by atoms with Crippen molar-refractivity contribution < 1.29 is 52.8 Å². The van der Waals surface area contributed by atoms with Gasteiger partial charge in [0.25, 0.3) is 23.3 Å². The number of nitrogens with one attached hydrogen (secondary N) is 4. The normalized spacial score (nSPS) is 14.7. The van der Waals surface area contributed by atoms with E-state index in [1.165, 1.54) is 47.2 Å². The summed E-state index contributed by atoms with van der Waals surface area (Å²) in [6.45, 7) is 2.66. The Balaban J connectivity index is 0.888. The molecule has 1 aromatic carbocycles. The van der Waals surface area contributed by atoms with Crippen molar-refractivity contribution in [1.29, 1.82) is 0 Å². The minimum Gasteiger partial charge on any atom is -0.492 e. The third kappa shape index (κ3) is 10.3. The highest BCUT2D eigenvalue weighted by Gasteiger charge is 2.45. The maximum absolute atomic E-state index is 13.8.